The molecule has 4 heteroatoms. The van der Waals surface area contributed by atoms with E-state index in [9.17, 15) is 0 Å². The van der Waals surface area contributed by atoms with Gasteiger partial charge in [-0.15, -0.1) is 0 Å². The second-order valence-electron chi connectivity index (χ2n) is 4.72. The van der Waals surface area contributed by atoms with Gasteiger partial charge >= 0.3 is 0 Å². The highest BCUT2D eigenvalue weighted by molar-refractivity contribution is 5.33. The van der Waals surface area contributed by atoms with Gasteiger partial charge in [-0.2, -0.15) is 5.10 Å². The third-order valence-corrected chi connectivity index (χ3v) is 3.49. The molecule has 0 amide bonds. The molecule has 0 saturated carbocycles. The lowest BCUT2D eigenvalue weighted by molar-refractivity contribution is 0.161. The first-order valence-electron chi connectivity index (χ1n) is 6.19. The number of aromatic nitrogens is 2. The average molecular weight is 222 g/mol. The summed E-state index contributed by atoms with van der Waals surface area (Å²) >= 11 is 0. The first kappa shape index (κ1) is 11.5. The smallest absolute Gasteiger partial charge is 0.148 e. The van der Waals surface area contributed by atoms with Crippen molar-refractivity contribution >= 4 is 5.82 Å². The number of nitrogens with one attached hydrogen (secondary N) is 1. The second-order valence-corrected chi connectivity index (χ2v) is 4.72. The number of anilines is 1. The van der Waals surface area contributed by atoms with Crippen LogP contribution in [0.5, 0.6) is 0 Å². The van der Waals surface area contributed by atoms with Crippen molar-refractivity contribution in [3.05, 3.63) is 12.3 Å². The van der Waals surface area contributed by atoms with Gasteiger partial charge in [0.05, 0.1) is 0 Å². The monoisotopic (exact) mass is 222 g/mol. The number of nitrogens with zero attached hydrogens (tertiary/aromatic N) is 3. The van der Waals surface area contributed by atoms with E-state index in [1.54, 1.807) is 0 Å². The number of hydrogen-bond donors (Lipinski definition) is 1. The molecule has 2 heterocycles. The third-order valence-electron chi connectivity index (χ3n) is 3.49. The Morgan fingerprint density at radius 3 is 2.94 bits per heavy atom. The number of rotatable bonds is 3. The van der Waals surface area contributed by atoms with Gasteiger partial charge in [-0.1, -0.05) is 6.92 Å². The molecule has 1 aromatic rings. The van der Waals surface area contributed by atoms with E-state index in [1.807, 2.05) is 24.0 Å². The molecule has 2 atom stereocenters. The van der Waals surface area contributed by atoms with E-state index < -0.39 is 0 Å². The summed E-state index contributed by atoms with van der Waals surface area (Å²) in [7, 11) is 1.95. The van der Waals surface area contributed by atoms with E-state index in [0.717, 1.165) is 12.4 Å². The van der Waals surface area contributed by atoms with Crippen LogP contribution in [0.3, 0.4) is 0 Å². The van der Waals surface area contributed by atoms with Gasteiger partial charge in [0.2, 0.25) is 0 Å². The van der Waals surface area contributed by atoms with Gasteiger partial charge < -0.3 is 10.2 Å². The van der Waals surface area contributed by atoms with Crippen molar-refractivity contribution in [2.45, 2.75) is 38.8 Å². The van der Waals surface area contributed by atoms with Crippen molar-refractivity contribution in [1.82, 2.24) is 14.7 Å². The van der Waals surface area contributed by atoms with Crippen LogP contribution < -0.4 is 5.32 Å². The predicted octanol–water partition coefficient (Wildman–Crippen LogP) is 1.70. The Morgan fingerprint density at radius 1 is 1.56 bits per heavy atom. The van der Waals surface area contributed by atoms with E-state index >= 15 is 0 Å². The molecule has 2 unspecified atom stereocenters. The van der Waals surface area contributed by atoms with Gasteiger partial charge in [0.15, 0.2) is 0 Å². The minimum Gasteiger partial charge on any atom is -0.366 e. The predicted molar refractivity (Wildman–Crippen MR) is 66.6 cm³/mol. The van der Waals surface area contributed by atoms with Crippen LogP contribution in [0.2, 0.25) is 0 Å². The average Bonchev–Trinajstić information content (AvgIpc) is 2.64. The quantitative estimate of drug-likeness (QED) is 0.845. The Bertz CT molecular complexity index is 334. The molecule has 2 rings (SSSR count). The van der Waals surface area contributed by atoms with Crippen LogP contribution in [0.1, 0.15) is 26.7 Å². The molecule has 0 radical (unpaired) electrons. The summed E-state index contributed by atoms with van der Waals surface area (Å²) < 4.78 is 1.84. The van der Waals surface area contributed by atoms with Crippen molar-refractivity contribution in [1.29, 1.82) is 0 Å². The van der Waals surface area contributed by atoms with Crippen molar-refractivity contribution in [3.8, 4) is 0 Å². The third kappa shape index (κ3) is 2.55. The zero-order chi connectivity index (χ0) is 11.5. The summed E-state index contributed by atoms with van der Waals surface area (Å²) in [6.07, 6.45) is 4.41. The van der Waals surface area contributed by atoms with Crippen LogP contribution in [0.25, 0.3) is 0 Å². The van der Waals surface area contributed by atoms with Crippen LogP contribution in [-0.4, -0.2) is 39.9 Å². The molecule has 0 spiro atoms. The van der Waals surface area contributed by atoms with Gasteiger partial charge in [-0.05, 0) is 26.3 Å². The fourth-order valence-corrected chi connectivity index (χ4v) is 2.52. The molecule has 0 bridgehead atoms. The van der Waals surface area contributed by atoms with Crippen molar-refractivity contribution < 1.29 is 0 Å². The summed E-state index contributed by atoms with van der Waals surface area (Å²) in [5.74, 6) is 1.00. The molecule has 1 fully saturated rings. The standard InChI is InChI=1S/C12H22N4/c1-4-16-8-5-11(9-10(16)2)13-12-6-7-15(3)14-12/h6-7,10-11H,4-5,8-9H2,1-3H3,(H,13,14). The van der Waals surface area contributed by atoms with Gasteiger partial charge in [-0.3, -0.25) is 4.68 Å². The maximum Gasteiger partial charge on any atom is 0.148 e. The molecule has 4 nitrogen and oxygen atoms in total. The van der Waals surface area contributed by atoms with Crippen LogP contribution in [0.4, 0.5) is 5.82 Å². The SMILES string of the molecule is CCN1CCC(Nc2ccn(C)n2)CC1C. The lowest BCUT2D eigenvalue weighted by Gasteiger charge is -2.37. The maximum absolute atomic E-state index is 4.36. The van der Waals surface area contributed by atoms with E-state index in [2.05, 4.69) is 29.2 Å². The molecule has 16 heavy (non-hydrogen) atoms. The molecule has 0 aliphatic carbocycles. The summed E-state index contributed by atoms with van der Waals surface area (Å²) in [5.41, 5.74) is 0. The fourth-order valence-electron chi connectivity index (χ4n) is 2.52. The minimum absolute atomic E-state index is 0.577. The Hall–Kier alpha value is -1.03. The Kier molecular flexibility index (Phi) is 3.49. The van der Waals surface area contributed by atoms with E-state index in [0.29, 0.717) is 12.1 Å². The summed E-state index contributed by atoms with van der Waals surface area (Å²) in [4.78, 5) is 2.54. The highest BCUT2D eigenvalue weighted by atomic mass is 15.3. The van der Waals surface area contributed by atoms with Gasteiger partial charge in [0, 0.05) is 37.9 Å². The topological polar surface area (TPSA) is 33.1 Å². The highest BCUT2D eigenvalue weighted by Crippen LogP contribution is 2.19. The van der Waals surface area contributed by atoms with Crippen LogP contribution in [0.15, 0.2) is 12.3 Å². The molecule has 0 aromatic carbocycles. The summed E-state index contributed by atoms with van der Waals surface area (Å²) in [6, 6.07) is 3.30. The van der Waals surface area contributed by atoms with Gasteiger partial charge in [0.1, 0.15) is 5.82 Å². The van der Waals surface area contributed by atoms with Crippen LogP contribution >= 0.6 is 0 Å². The molecular formula is C12H22N4. The van der Waals surface area contributed by atoms with E-state index in [-0.39, 0.29) is 0 Å². The molecule has 1 N–H and O–H groups in total. The van der Waals surface area contributed by atoms with Crippen LogP contribution in [-0.2, 0) is 7.05 Å². The number of hydrogen-bond acceptors (Lipinski definition) is 3. The van der Waals surface area contributed by atoms with Crippen LogP contribution in [0, 0.1) is 0 Å². The number of aryl methyl sites for hydroxylation is 1. The second kappa shape index (κ2) is 4.87. The highest BCUT2D eigenvalue weighted by Gasteiger charge is 2.24. The first-order chi connectivity index (χ1) is 7.69. The molecule has 1 aromatic heterocycles. The number of likely N-dealkylation sites (tertiary alicyclic amines) is 1. The molecule has 1 aliphatic rings. The Morgan fingerprint density at radius 2 is 2.38 bits per heavy atom. The summed E-state index contributed by atoms with van der Waals surface area (Å²) in [6.45, 7) is 6.92. The first-order valence-corrected chi connectivity index (χ1v) is 6.19. The minimum atomic E-state index is 0.577. The number of piperidine rings is 1. The summed E-state index contributed by atoms with van der Waals surface area (Å²) in [5, 5.41) is 7.88. The lowest BCUT2D eigenvalue weighted by Crippen LogP contribution is -2.44. The van der Waals surface area contributed by atoms with Crippen molar-refractivity contribution in [3.63, 3.8) is 0 Å². The van der Waals surface area contributed by atoms with E-state index in [1.165, 1.54) is 19.4 Å². The van der Waals surface area contributed by atoms with Crippen molar-refractivity contribution in [2.75, 3.05) is 18.4 Å². The Labute approximate surface area is 97.6 Å². The zero-order valence-electron chi connectivity index (χ0n) is 10.5. The zero-order valence-corrected chi connectivity index (χ0v) is 10.5. The largest absolute Gasteiger partial charge is 0.366 e. The Balaban J connectivity index is 1.88. The molecular weight excluding hydrogens is 200 g/mol. The lowest BCUT2D eigenvalue weighted by atomic mass is 9.98. The van der Waals surface area contributed by atoms with Gasteiger partial charge in [-0.25, -0.2) is 0 Å². The molecule has 90 valence electrons. The molecule has 1 aliphatic heterocycles. The fraction of sp³-hybridized carbons (Fsp3) is 0.750. The normalized spacial score (nSPS) is 26.9. The maximum atomic E-state index is 4.36. The van der Waals surface area contributed by atoms with Crippen molar-refractivity contribution in [2.24, 2.45) is 7.05 Å². The van der Waals surface area contributed by atoms with E-state index in [4.69, 9.17) is 0 Å². The van der Waals surface area contributed by atoms with Gasteiger partial charge in [0.25, 0.3) is 0 Å². The molecule has 1 saturated heterocycles.